The van der Waals surface area contributed by atoms with Gasteiger partial charge >= 0.3 is 0 Å². The molecule has 6 heteroatoms. The van der Waals surface area contributed by atoms with E-state index in [2.05, 4.69) is 72.4 Å². The number of nitrogens with zero attached hydrogens (tertiary/aromatic N) is 5. The molecule has 1 saturated heterocycles. The van der Waals surface area contributed by atoms with Crippen LogP contribution >= 0.6 is 0 Å². The number of phenols is 1. The fourth-order valence-electron chi connectivity index (χ4n) is 5.25. The molecule has 1 aliphatic heterocycles. The van der Waals surface area contributed by atoms with Gasteiger partial charge in [-0.15, -0.1) is 5.10 Å². The molecule has 4 aromatic rings. The minimum atomic E-state index is 0.185. The van der Waals surface area contributed by atoms with Crippen molar-refractivity contribution in [1.82, 2.24) is 19.7 Å². The van der Waals surface area contributed by atoms with Crippen molar-refractivity contribution >= 4 is 5.69 Å². The van der Waals surface area contributed by atoms with Crippen LogP contribution in [0, 0.1) is 0 Å². The van der Waals surface area contributed by atoms with Crippen LogP contribution in [0.4, 0.5) is 5.69 Å². The lowest BCUT2D eigenvalue weighted by molar-refractivity contribution is 0.249. The quantitative estimate of drug-likeness (QED) is 0.384. The summed E-state index contributed by atoms with van der Waals surface area (Å²) in [7, 11) is 4.35. The maximum absolute atomic E-state index is 10.5. The fourth-order valence-corrected chi connectivity index (χ4v) is 5.25. The van der Waals surface area contributed by atoms with Crippen molar-refractivity contribution in [3.05, 3.63) is 78.4 Å². The molecule has 3 aromatic carbocycles. The third-order valence-corrected chi connectivity index (χ3v) is 7.60. The molecule has 1 saturated carbocycles. The van der Waals surface area contributed by atoms with E-state index < -0.39 is 0 Å². The molecule has 0 unspecified atom stereocenters. The molecule has 2 aliphatic rings. The van der Waals surface area contributed by atoms with Gasteiger partial charge in [0.25, 0.3) is 0 Å². The van der Waals surface area contributed by atoms with Crippen LogP contribution in [0.3, 0.4) is 0 Å². The Balaban J connectivity index is 1.35. The van der Waals surface area contributed by atoms with E-state index >= 15 is 0 Å². The number of benzene rings is 3. The lowest BCUT2D eigenvalue weighted by Gasteiger charge is -2.36. The third-order valence-electron chi connectivity index (χ3n) is 7.60. The van der Waals surface area contributed by atoms with E-state index in [0.717, 1.165) is 30.2 Å². The number of anilines is 1. The molecule has 1 N–H and O–H groups in total. The first-order chi connectivity index (χ1) is 17.6. The molecule has 6 nitrogen and oxygen atoms in total. The highest BCUT2D eigenvalue weighted by Gasteiger charge is 2.25. The number of phenolic OH excluding ortho intramolecular Hbond substituents is 1. The summed E-state index contributed by atoms with van der Waals surface area (Å²) >= 11 is 0. The topological polar surface area (TPSA) is 57.4 Å². The zero-order valence-electron chi connectivity index (χ0n) is 21.0. The molecule has 0 spiro atoms. The van der Waals surface area contributed by atoms with E-state index in [1.165, 1.54) is 36.9 Å². The standard InChI is InChI=1S/C30H33N5O/c1-33(2)24-16-18-34(19-17-24)25-12-14-26(15-13-25)35-30(23-7-5-6-22(20-23)21-10-11-21)31-29(32-35)27-8-3-4-9-28(27)36/h3-9,12-15,20-21,24,36H,10-11,16-19H2,1-2H3. The van der Waals surface area contributed by atoms with Crippen LogP contribution in [0.1, 0.15) is 37.2 Å². The van der Waals surface area contributed by atoms with Gasteiger partial charge in [-0.25, -0.2) is 9.67 Å². The van der Waals surface area contributed by atoms with Gasteiger partial charge in [-0.3, -0.25) is 0 Å². The zero-order chi connectivity index (χ0) is 24.6. The summed E-state index contributed by atoms with van der Waals surface area (Å²) in [4.78, 5) is 9.73. The molecule has 0 atom stereocenters. The van der Waals surface area contributed by atoms with E-state index in [1.54, 1.807) is 6.07 Å². The second-order valence-corrected chi connectivity index (χ2v) is 10.3. The van der Waals surface area contributed by atoms with E-state index in [1.807, 2.05) is 22.9 Å². The number of piperidine rings is 1. The number of hydrogen-bond acceptors (Lipinski definition) is 5. The number of aromatic nitrogens is 3. The van der Waals surface area contributed by atoms with Gasteiger partial charge in [0.05, 0.1) is 11.3 Å². The summed E-state index contributed by atoms with van der Waals surface area (Å²) in [6.45, 7) is 2.14. The smallest absolute Gasteiger partial charge is 0.185 e. The van der Waals surface area contributed by atoms with Gasteiger partial charge in [-0.05, 0) is 93.7 Å². The summed E-state index contributed by atoms with van der Waals surface area (Å²) in [5.74, 6) is 2.16. The first-order valence-electron chi connectivity index (χ1n) is 12.9. The maximum atomic E-state index is 10.5. The highest BCUT2D eigenvalue weighted by molar-refractivity contribution is 5.68. The number of hydrogen-bond donors (Lipinski definition) is 1. The van der Waals surface area contributed by atoms with Crippen LogP contribution in [-0.4, -0.2) is 58.0 Å². The summed E-state index contributed by atoms with van der Waals surface area (Å²) in [5, 5.41) is 15.3. The second kappa shape index (κ2) is 9.43. The summed E-state index contributed by atoms with van der Waals surface area (Å²) in [6.07, 6.45) is 4.88. The van der Waals surface area contributed by atoms with Gasteiger partial charge in [0.2, 0.25) is 0 Å². The Labute approximate surface area is 212 Å². The lowest BCUT2D eigenvalue weighted by Crippen LogP contribution is -2.41. The van der Waals surface area contributed by atoms with Crippen LogP contribution < -0.4 is 4.90 Å². The minimum absolute atomic E-state index is 0.185. The molecular formula is C30H33N5O. The molecule has 0 bridgehead atoms. The van der Waals surface area contributed by atoms with Crippen LogP contribution in [0.2, 0.25) is 0 Å². The summed E-state index contributed by atoms with van der Waals surface area (Å²) in [5.41, 5.74) is 5.25. The lowest BCUT2D eigenvalue weighted by atomic mass is 10.0. The van der Waals surface area contributed by atoms with Crippen molar-refractivity contribution in [2.45, 2.75) is 37.6 Å². The van der Waals surface area contributed by atoms with E-state index in [9.17, 15) is 5.11 Å². The Kier molecular flexibility index (Phi) is 5.97. The predicted molar refractivity (Wildman–Crippen MR) is 145 cm³/mol. The van der Waals surface area contributed by atoms with Gasteiger partial charge in [0.1, 0.15) is 5.75 Å². The highest BCUT2D eigenvalue weighted by atomic mass is 16.3. The normalized spacial score (nSPS) is 16.6. The Bertz CT molecular complexity index is 1350. The van der Waals surface area contributed by atoms with Crippen LogP contribution in [0.5, 0.6) is 5.75 Å². The van der Waals surface area contributed by atoms with E-state index in [4.69, 9.17) is 10.1 Å². The Morgan fingerprint density at radius 1 is 0.833 bits per heavy atom. The van der Waals surface area contributed by atoms with Gasteiger partial charge in [-0.2, -0.15) is 0 Å². The molecule has 0 radical (unpaired) electrons. The van der Waals surface area contributed by atoms with Crippen molar-refractivity contribution in [3.63, 3.8) is 0 Å². The van der Waals surface area contributed by atoms with Crippen molar-refractivity contribution in [2.24, 2.45) is 0 Å². The fraction of sp³-hybridized carbons (Fsp3) is 0.333. The van der Waals surface area contributed by atoms with E-state index in [-0.39, 0.29) is 5.75 Å². The summed E-state index contributed by atoms with van der Waals surface area (Å²) < 4.78 is 1.91. The van der Waals surface area contributed by atoms with Gasteiger partial charge in [0.15, 0.2) is 11.6 Å². The van der Waals surface area contributed by atoms with Crippen molar-refractivity contribution in [1.29, 1.82) is 0 Å². The first kappa shape index (κ1) is 22.8. The Morgan fingerprint density at radius 3 is 2.25 bits per heavy atom. The van der Waals surface area contributed by atoms with E-state index in [0.29, 0.717) is 23.3 Å². The number of aromatic hydroxyl groups is 1. The minimum Gasteiger partial charge on any atom is -0.507 e. The van der Waals surface area contributed by atoms with Gasteiger partial charge in [0, 0.05) is 30.4 Å². The average molecular weight is 480 g/mol. The molecule has 184 valence electrons. The molecule has 36 heavy (non-hydrogen) atoms. The number of para-hydroxylation sites is 1. The average Bonchev–Trinajstić information content (AvgIpc) is 3.68. The molecule has 2 fully saturated rings. The maximum Gasteiger partial charge on any atom is 0.185 e. The zero-order valence-corrected chi connectivity index (χ0v) is 21.0. The summed E-state index contributed by atoms with van der Waals surface area (Å²) in [6, 6.07) is 25.2. The monoisotopic (exact) mass is 479 g/mol. The highest BCUT2D eigenvalue weighted by Crippen LogP contribution is 2.41. The second-order valence-electron chi connectivity index (χ2n) is 10.3. The molecule has 1 aliphatic carbocycles. The van der Waals surface area contributed by atoms with Crippen molar-refractivity contribution < 1.29 is 5.11 Å². The van der Waals surface area contributed by atoms with Gasteiger partial charge < -0.3 is 14.9 Å². The molecular weight excluding hydrogens is 446 g/mol. The van der Waals surface area contributed by atoms with Crippen molar-refractivity contribution in [2.75, 3.05) is 32.1 Å². The molecule has 1 aromatic heterocycles. The van der Waals surface area contributed by atoms with Crippen LogP contribution in [-0.2, 0) is 0 Å². The first-order valence-corrected chi connectivity index (χ1v) is 12.9. The molecule has 0 amide bonds. The van der Waals surface area contributed by atoms with Crippen LogP contribution in [0.25, 0.3) is 28.5 Å². The van der Waals surface area contributed by atoms with Crippen LogP contribution in [0.15, 0.2) is 72.8 Å². The molecule has 6 rings (SSSR count). The Hall–Kier alpha value is -3.64. The Morgan fingerprint density at radius 2 is 1.56 bits per heavy atom. The van der Waals surface area contributed by atoms with Crippen molar-refractivity contribution in [3.8, 4) is 34.2 Å². The van der Waals surface area contributed by atoms with Gasteiger partial charge in [-0.1, -0.05) is 30.3 Å². The SMILES string of the molecule is CN(C)C1CCN(c2ccc(-n3nc(-c4ccccc4O)nc3-c3cccc(C4CC4)c3)cc2)CC1. The third kappa shape index (κ3) is 4.49. The molecule has 2 heterocycles. The predicted octanol–water partition coefficient (Wildman–Crippen LogP) is 5.71. The largest absolute Gasteiger partial charge is 0.507 e. The number of rotatable bonds is 6.